The molecule has 2 atom stereocenters. The van der Waals surface area contributed by atoms with E-state index in [9.17, 15) is 9.59 Å². The van der Waals surface area contributed by atoms with Gasteiger partial charge in [-0.1, -0.05) is 44.9 Å². The zero-order valence-corrected chi connectivity index (χ0v) is 28.8. The number of amides is 4. The summed E-state index contributed by atoms with van der Waals surface area (Å²) < 4.78 is 0. The molecule has 46 heavy (non-hydrogen) atoms. The second-order valence-corrected chi connectivity index (χ2v) is 14.5. The van der Waals surface area contributed by atoms with Crippen molar-refractivity contribution in [1.29, 1.82) is 0 Å². The topological polar surface area (TPSA) is 71.2 Å². The van der Waals surface area contributed by atoms with Crippen LogP contribution in [0.4, 0.5) is 32.3 Å². The maximum Gasteiger partial charge on any atom is 0.322 e. The minimum atomic E-state index is 0.0371. The third-order valence-corrected chi connectivity index (χ3v) is 10.6. The Bertz CT molecular complexity index is 1140. The molecule has 8 nitrogen and oxygen atoms in total. The molecule has 3 fully saturated rings. The van der Waals surface area contributed by atoms with Gasteiger partial charge in [0.15, 0.2) is 0 Å². The van der Waals surface area contributed by atoms with E-state index < -0.39 is 0 Å². The van der Waals surface area contributed by atoms with Gasteiger partial charge in [0, 0.05) is 76.1 Å². The Balaban J connectivity index is 1.24. The number of carbonyl (C=O) groups is 2. The van der Waals surface area contributed by atoms with E-state index in [-0.39, 0.29) is 12.1 Å². The quantitative estimate of drug-likeness (QED) is 0.276. The van der Waals surface area contributed by atoms with Gasteiger partial charge in [-0.25, -0.2) is 9.59 Å². The van der Waals surface area contributed by atoms with Crippen molar-refractivity contribution in [2.75, 3.05) is 61.7 Å². The van der Waals surface area contributed by atoms with Gasteiger partial charge in [-0.05, 0) is 105 Å². The van der Waals surface area contributed by atoms with Crippen LogP contribution < -0.4 is 20.4 Å². The Morgan fingerprint density at radius 3 is 1.26 bits per heavy atom. The van der Waals surface area contributed by atoms with Crippen LogP contribution in [0.3, 0.4) is 0 Å². The summed E-state index contributed by atoms with van der Waals surface area (Å²) in [6.45, 7) is 1.60. The lowest BCUT2D eigenvalue weighted by Crippen LogP contribution is -2.48. The van der Waals surface area contributed by atoms with Crippen molar-refractivity contribution in [3.05, 3.63) is 48.5 Å². The molecule has 0 heterocycles. The minimum Gasteiger partial charge on any atom is -0.378 e. The second kappa shape index (κ2) is 16.4. The Morgan fingerprint density at radius 2 is 0.913 bits per heavy atom. The van der Waals surface area contributed by atoms with Crippen molar-refractivity contribution >= 4 is 34.8 Å². The molecule has 252 valence electrons. The predicted octanol–water partition coefficient (Wildman–Crippen LogP) is 8.66. The van der Waals surface area contributed by atoms with E-state index in [1.54, 1.807) is 0 Å². The van der Waals surface area contributed by atoms with E-state index in [0.29, 0.717) is 23.9 Å². The van der Waals surface area contributed by atoms with Gasteiger partial charge in [-0.2, -0.15) is 0 Å². The van der Waals surface area contributed by atoms with Gasteiger partial charge in [0.1, 0.15) is 0 Å². The first-order valence-corrected chi connectivity index (χ1v) is 18.0. The van der Waals surface area contributed by atoms with Crippen LogP contribution >= 0.6 is 0 Å². The molecule has 3 saturated carbocycles. The molecule has 5 rings (SSSR count). The molecule has 0 bridgehead atoms. The van der Waals surface area contributed by atoms with Crippen molar-refractivity contribution in [1.82, 2.24) is 9.80 Å². The average Bonchev–Trinajstić information content (AvgIpc) is 3.07. The summed E-state index contributed by atoms with van der Waals surface area (Å²) in [5, 5.41) is 6.47. The highest BCUT2D eigenvalue weighted by atomic mass is 16.2. The van der Waals surface area contributed by atoms with Crippen LogP contribution in [0.1, 0.15) is 89.9 Å². The fraction of sp³-hybridized carbons (Fsp3) is 0.632. The Hall–Kier alpha value is -3.42. The molecule has 3 aliphatic rings. The standard InChI is InChI=1S/C38H58N6O2/c1-41(2)33-22-18-31(19-23-33)39-37(45)43(35-14-7-5-8-15-35)27-29-12-11-13-30(26-29)28-44(36-16-9-6-10-17-36)38(46)40-32-20-24-34(25-21-32)42(3)4/h18-25,29-30,35-36H,5-17,26-28H2,1-4H3,(H,39,45)(H,40,46)/t29-,30+. The zero-order valence-electron chi connectivity index (χ0n) is 28.8. The fourth-order valence-corrected chi connectivity index (χ4v) is 7.95. The summed E-state index contributed by atoms with van der Waals surface area (Å²) in [5.41, 5.74) is 3.94. The van der Waals surface area contributed by atoms with Crippen molar-refractivity contribution in [3.63, 3.8) is 0 Å². The monoisotopic (exact) mass is 630 g/mol. The second-order valence-electron chi connectivity index (χ2n) is 14.5. The van der Waals surface area contributed by atoms with Gasteiger partial charge < -0.3 is 30.2 Å². The molecule has 3 aliphatic carbocycles. The molecule has 2 aromatic rings. The number of benzene rings is 2. The molecule has 4 amide bonds. The van der Waals surface area contributed by atoms with Crippen LogP contribution in [0.25, 0.3) is 0 Å². The Morgan fingerprint density at radius 1 is 0.543 bits per heavy atom. The molecule has 2 aromatic carbocycles. The van der Waals surface area contributed by atoms with Gasteiger partial charge in [-0.3, -0.25) is 0 Å². The normalized spacial score (nSPS) is 20.9. The highest BCUT2D eigenvalue weighted by molar-refractivity contribution is 5.90. The summed E-state index contributed by atoms with van der Waals surface area (Å²) in [7, 11) is 8.11. The molecule has 0 spiro atoms. The van der Waals surface area contributed by atoms with E-state index in [1.165, 1.54) is 38.5 Å². The summed E-state index contributed by atoms with van der Waals surface area (Å²) >= 11 is 0. The maximum atomic E-state index is 13.8. The Labute approximate surface area is 277 Å². The van der Waals surface area contributed by atoms with E-state index in [1.807, 2.05) is 52.5 Å². The highest BCUT2D eigenvalue weighted by Crippen LogP contribution is 2.34. The van der Waals surface area contributed by atoms with E-state index in [2.05, 4.69) is 54.5 Å². The summed E-state index contributed by atoms with van der Waals surface area (Å²) in [5.74, 6) is 0.912. The number of rotatable bonds is 10. The SMILES string of the molecule is CN(C)c1ccc(NC(=O)N(C[C@@H]2CCC[C@H](CN(C(=O)Nc3ccc(N(C)C)cc3)C3CCCCC3)C2)C2CCCCC2)cc1. The first-order valence-electron chi connectivity index (χ1n) is 18.0. The summed E-state index contributed by atoms with van der Waals surface area (Å²) in [4.78, 5) is 36.2. The lowest BCUT2D eigenvalue weighted by molar-refractivity contribution is 0.111. The first kappa shape index (κ1) is 33.9. The van der Waals surface area contributed by atoms with Crippen LogP contribution in [-0.4, -0.2) is 75.2 Å². The fourth-order valence-electron chi connectivity index (χ4n) is 7.95. The summed E-state index contributed by atoms with van der Waals surface area (Å²) in [6, 6.07) is 16.9. The number of nitrogens with one attached hydrogen (secondary N) is 2. The molecule has 0 aromatic heterocycles. The molecular weight excluding hydrogens is 572 g/mol. The van der Waals surface area contributed by atoms with Crippen molar-refractivity contribution in [3.8, 4) is 0 Å². The number of hydrogen-bond donors (Lipinski definition) is 2. The van der Waals surface area contributed by atoms with E-state index >= 15 is 0 Å². The van der Waals surface area contributed by atoms with Crippen LogP contribution in [0.5, 0.6) is 0 Å². The Kier molecular flexibility index (Phi) is 12.1. The van der Waals surface area contributed by atoms with Crippen LogP contribution in [-0.2, 0) is 0 Å². The largest absolute Gasteiger partial charge is 0.378 e. The van der Waals surface area contributed by atoms with Crippen LogP contribution in [0.2, 0.25) is 0 Å². The third-order valence-electron chi connectivity index (χ3n) is 10.6. The first-order chi connectivity index (χ1) is 22.3. The molecule has 0 saturated heterocycles. The van der Waals surface area contributed by atoms with Crippen LogP contribution in [0, 0.1) is 11.8 Å². The van der Waals surface area contributed by atoms with Crippen molar-refractivity contribution in [2.45, 2.75) is 102 Å². The number of hydrogen-bond acceptors (Lipinski definition) is 4. The number of urea groups is 2. The van der Waals surface area contributed by atoms with Gasteiger partial charge in [0.05, 0.1) is 0 Å². The number of anilines is 4. The molecular formula is C38H58N6O2. The maximum absolute atomic E-state index is 13.8. The van der Waals surface area contributed by atoms with Gasteiger partial charge in [-0.15, -0.1) is 0 Å². The molecule has 8 heteroatoms. The predicted molar refractivity (Wildman–Crippen MR) is 192 cm³/mol. The number of carbonyl (C=O) groups excluding carboxylic acids is 2. The molecule has 0 radical (unpaired) electrons. The average molecular weight is 631 g/mol. The third kappa shape index (κ3) is 9.32. The smallest absolute Gasteiger partial charge is 0.322 e. The minimum absolute atomic E-state index is 0.0371. The van der Waals surface area contributed by atoms with Crippen LogP contribution in [0.15, 0.2) is 48.5 Å². The molecule has 0 unspecified atom stereocenters. The van der Waals surface area contributed by atoms with E-state index in [0.717, 1.165) is 87.2 Å². The lowest BCUT2D eigenvalue weighted by atomic mass is 9.80. The van der Waals surface area contributed by atoms with Crippen molar-refractivity contribution < 1.29 is 9.59 Å². The molecule has 2 N–H and O–H groups in total. The van der Waals surface area contributed by atoms with Gasteiger partial charge in [0.2, 0.25) is 0 Å². The summed E-state index contributed by atoms with van der Waals surface area (Å²) in [6.07, 6.45) is 16.2. The van der Waals surface area contributed by atoms with E-state index in [4.69, 9.17) is 0 Å². The van der Waals surface area contributed by atoms with Crippen molar-refractivity contribution in [2.24, 2.45) is 11.8 Å². The zero-order chi connectivity index (χ0) is 32.5. The van der Waals surface area contributed by atoms with Gasteiger partial charge in [0.25, 0.3) is 0 Å². The number of nitrogens with zero attached hydrogens (tertiary/aromatic N) is 4. The molecule has 0 aliphatic heterocycles. The lowest BCUT2D eigenvalue weighted by Gasteiger charge is -2.41. The van der Waals surface area contributed by atoms with Gasteiger partial charge >= 0.3 is 12.1 Å². The highest BCUT2D eigenvalue weighted by Gasteiger charge is 2.33.